The highest BCUT2D eigenvalue weighted by Gasteiger charge is 2.20. The zero-order chi connectivity index (χ0) is 22.5. The summed E-state index contributed by atoms with van der Waals surface area (Å²) in [6, 6.07) is 22.1. The van der Waals surface area contributed by atoms with Gasteiger partial charge in [0.05, 0.1) is 11.3 Å². The molecule has 0 radical (unpaired) electrons. The molecule has 2 heterocycles. The number of anilines is 1. The van der Waals surface area contributed by atoms with E-state index in [9.17, 15) is 9.59 Å². The van der Waals surface area contributed by atoms with Crippen LogP contribution in [0.5, 0.6) is 0 Å². The zero-order valence-electron chi connectivity index (χ0n) is 17.6. The van der Waals surface area contributed by atoms with E-state index in [0.29, 0.717) is 17.2 Å². The lowest BCUT2D eigenvalue weighted by Gasteiger charge is -2.15. The van der Waals surface area contributed by atoms with Gasteiger partial charge in [0.1, 0.15) is 5.82 Å². The van der Waals surface area contributed by atoms with Crippen molar-refractivity contribution in [2.75, 3.05) is 19.0 Å². The van der Waals surface area contributed by atoms with Gasteiger partial charge in [-0.1, -0.05) is 48.5 Å². The van der Waals surface area contributed by atoms with Crippen LogP contribution in [0.4, 0.5) is 5.82 Å². The standard InChI is InChI=1S/C23H21N7O2/c1-29(2)21-18(14-9-15-24-21)22(31)26-27-23(32)19-25-20(16-10-5-3-6-11-16)30(28-19)17-12-7-4-8-13-17/h3-15H,1-2H3,(H,26,31)(H,27,32). The van der Waals surface area contributed by atoms with Crippen LogP contribution in [0.2, 0.25) is 0 Å². The molecule has 4 rings (SSSR count). The van der Waals surface area contributed by atoms with Crippen LogP contribution in [0, 0.1) is 0 Å². The zero-order valence-corrected chi connectivity index (χ0v) is 17.6. The van der Waals surface area contributed by atoms with Gasteiger partial charge in [0.15, 0.2) is 5.82 Å². The van der Waals surface area contributed by atoms with Crippen LogP contribution in [0.15, 0.2) is 79.0 Å². The number of aromatic nitrogens is 4. The fraction of sp³-hybridized carbons (Fsp3) is 0.0870. The molecule has 0 spiro atoms. The lowest BCUT2D eigenvalue weighted by atomic mass is 10.2. The van der Waals surface area contributed by atoms with Gasteiger partial charge in [0.25, 0.3) is 5.91 Å². The molecular weight excluding hydrogens is 406 g/mol. The van der Waals surface area contributed by atoms with Crippen molar-refractivity contribution in [1.29, 1.82) is 0 Å². The molecule has 0 unspecified atom stereocenters. The molecule has 4 aromatic rings. The molecule has 9 heteroatoms. The van der Waals surface area contributed by atoms with Gasteiger partial charge in [-0.05, 0) is 24.3 Å². The minimum Gasteiger partial charge on any atom is -0.362 e. The third-order valence-corrected chi connectivity index (χ3v) is 4.59. The molecule has 32 heavy (non-hydrogen) atoms. The van der Waals surface area contributed by atoms with Gasteiger partial charge in [0.2, 0.25) is 5.82 Å². The quantitative estimate of drug-likeness (QED) is 0.474. The second-order valence-corrected chi connectivity index (χ2v) is 7.05. The summed E-state index contributed by atoms with van der Waals surface area (Å²) in [4.78, 5) is 35.6. The summed E-state index contributed by atoms with van der Waals surface area (Å²) in [5, 5.41) is 4.37. The summed E-state index contributed by atoms with van der Waals surface area (Å²) in [7, 11) is 3.56. The molecule has 0 aliphatic heterocycles. The maximum Gasteiger partial charge on any atom is 0.309 e. The van der Waals surface area contributed by atoms with Crippen molar-refractivity contribution in [1.82, 2.24) is 30.6 Å². The Morgan fingerprint density at radius 1 is 0.844 bits per heavy atom. The van der Waals surface area contributed by atoms with E-state index in [2.05, 4.69) is 25.9 Å². The maximum atomic E-state index is 12.7. The van der Waals surface area contributed by atoms with Crippen molar-refractivity contribution >= 4 is 17.6 Å². The Balaban J connectivity index is 1.58. The molecule has 9 nitrogen and oxygen atoms in total. The monoisotopic (exact) mass is 427 g/mol. The maximum absolute atomic E-state index is 12.7. The third-order valence-electron chi connectivity index (χ3n) is 4.59. The average Bonchev–Trinajstić information content (AvgIpc) is 3.29. The van der Waals surface area contributed by atoms with Crippen LogP contribution in [-0.4, -0.2) is 45.7 Å². The van der Waals surface area contributed by atoms with Gasteiger partial charge in [-0.3, -0.25) is 20.4 Å². The van der Waals surface area contributed by atoms with Crippen molar-refractivity contribution in [3.05, 3.63) is 90.4 Å². The van der Waals surface area contributed by atoms with Crippen LogP contribution >= 0.6 is 0 Å². The Morgan fingerprint density at radius 2 is 1.50 bits per heavy atom. The van der Waals surface area contributed by atoms with Gasteiger partial charge in [-0.15, -0.1) is 5.10 Å². The lowest BCUT2D eigenvalue weighted by Crippen LogP contribution is -2.42. The number of hydrazine groups is 1. The minimum atomic E-state index is -0.638. The van der Waals surface area contributed by atoms with E-state index in [4.69, 9.17) is 0 Å². The lowest BCUT2D eigenvalue weighted by molar-refractivity contribution is 0.0841. The van der Waals surface area contributed by atoms with Crippen molar-refractivity contribution in [3.8, 4) is 17.1 Å². The predicted molar refractivity (Wildman–Crippen MR) is 120 cm³/mol. The Morgan fingerprint density at radius 3 is 2.19 bits per heavy atom. The number of hydrogen-bond acceptors (Lipinski definition) is 6. The molecule has 2 N–H and O–H groups in total. The molecule has 0 aliphatic rings. The van der Waals surface area contributed by atoms with Crippen molar-refractivity contribution in [2.45, 2.75) is 0 Å². The topological polar surface area (TPSA) is 105 Å². The molecule has 2 aromatic carbocycles. The number of hydrogen-bond donors (Lipinski definition) is 2. The molecule has 2 amide bonds. The first kappa shape index (κ1) is 20.7. The smallest absolute Gasteiger partial charge is 0.309 e. The van der Waals surface area contributed by atoms with Crippen LogP contribution < -0.4 is 15.8 Å². The normalized spacial score (nSPS) is 10.4. The predicted octanol–water partition coefficient (Wildman–Crippen LogP) is 2.47. The second kappa shape index (κ2) is 9.09. The number of amides is 2. The Kier molecular flexibility index (Phi) is 5.89. The summed E-state index contributed by atoms with van der Waals surface area (Å²) in [6.45, 7) is 0. The number of nitrogens with one attached hydrogen (secondary N) is 2. The fourth-order valence-electron chi connectivity index (χ4n) is 3.10. The van der Waals surface area contributed by atoms with Crippen LogP contribution in [0.1, 0.15) is 21.0 Å². The van der Waals surface area contributed by atoms with Crippen molar-refractivity contribution < 1.29 is 9.59 Å². The number of rotatable bonds is 5. The summed E-state index contributed by atoms with van der Waals surface area (Å²) < 4.78 is 1.59. The third kappa shape index (κ3) is 4.31. The highest BCUT2D eigenvalue weighted by molar-refractivity contribution is 6.00. The van der Waals surface area contributed by atoms with Crippen molar-refractivity contribution in [3.63, 3.8) is 0 Å². The van der Waals surface area contributed by atoms with E-state index in [1.807, 2.05) is 60.7 Å². The first-order chi connectivity index (χ1) is 15.5. The average molecular weight is 427 g/mol. The van der Waals surface area contributed by atoms with E-state index in [1.54, 1.807) is 42.0 Å². The Labute approximate surface area is 184 Å². The van der Waals surface area contributed by atoms with E-state index in [0.717, 1.165) is 11.3 Å². The first-order valence-electron chi connectivity index (χ1n) is 9.85. The van der Waals surface area contributed by atoms with Crippen molar-refractivity contribution in [2.24, 2.45) is 0 Å². The number of pyridine rings is 1. The van der Waals surface area contributed by atoms with Crippen LogP contribution in [0.25, 0.3) is 17.1 Å². The fourth-order valence-corrected chi connectivity index (χ4v) is 3.10. The second-order valence-electron chi connectivity index (χ2n) is 7.05. The Bertz CT molecular complexity index is 1180. The SMILES string of the molecule is CN(C)c1ncccc1C(=O)NNC(=O)c1nc(-c2ccccc2)n(-c2ccccc2)n1. The van der Waals surface area contributed by atoms with E-state index < -0.39 is 11.8 Å². The summed E-state index contributed by atoms with van der Waals surface area (Å²) in [5.74, 6) is -0.221. The highest BCUT2D eigenvalue weighted by atomic mass is 16.2. The Hall–Kier alpha value is -4.53. The molecular formula is C23H21N7O2. The molecule has 0 fully saturated rings. The highest BCUT2D eigenvalue weighted by Crippen LogP contribution is 2.21. The number of para-hydroxylation sites is 1. The molecule has 0 atom stereocenters. The molecule has 0 saturated heterocycles. The number of nitrogens with zero attached hydrogens (tertiary/aromatic N) is 5. The molecule has 0 bridgehead atoms. The van der Waals surface area contributed by atoms with Gasteiger partial charge in [0, 0.05) is 25.9 Å². The molecule has 0 saturated carbocycles. The number of carbonyl (C=O) groups excluding carboxylic acids is 2. The van der Waals surface area contributed by atoms with Gasteiger partial charge in [-0.25, -0.2) is 14.6 Å². The van der Waals surface area contributed by atoms with E-state index >= 15 is 0 Å². The van der Waals surface area contributed by atoms with Crippen LogP contribution in [-0.2, 0) is 0 Å². The number of carbonyl (C=O) groups is 2. The molecule has 0 aliphatic carbocycles. The van der Waals surface area contributed by atoms with Gasteiger partial charge >= 0.3 is 5.91 Å². The molecule has 2 aromatic heterocycles. The first-order valence-corrected chi connectivity index (χ1v) is 9.85. The summed E-state index contributed by atoms with van der Waals surface area (Å²) in [6.07, 6.45) is 1.59. The molecule has 160 valence electrons. The van der Waals surface area contributed by atoms with E-state index in [1.165, 1.54) is 0 Å². The van der Waals surface area contributed by atoms with Gasteiger partial charge < -0.3 is 4.90 Å². The number of benzene rings is 2. The summed E-state index contributed by atoms with van der Waals surface area (Å²) >= 11 is 0. The van der Waals surface area contributed by atoms with Gasteiger partial charge in [-0.2, -0.15) is 0 Å². The minimum absolute atomic E-state index is 0.0768. The largest absolute Gasteiger partial charge is 0.362 e. The summed E-state index contributed by atoms with van der Waals surface area (Å²) in [5.41, 5.74) is 6.68. The van der Waals surface area contributed by atoms with Crippen LogP contribution in [0.3, 0.4) is 0 Å². The van der Waals surface area contributed by atoms with E-state index in [-0.39, 0.29) is 5.82 Å².